The maximum Gasteiger partial charge on any atom is 0.322 e. The van der Waals surface area contributed by atoms with Crippen LogP contribution in [0.5, 0.6) is 0 Å². The van der Waals surface area contributed by atoms with Gasteiger partial charge in [-0.25, -0.2) is 4.79 Å². The molecule has 2 amide bonds. The van der Waals surface area contributed by atoms with Crippen LogP contribution in [0.2, 0.25) is 0 Å². The van der Waals surface area contributed by atoms with E-state index in [1.54, 1.807) is 11.0 Å². The number of nitrogens with one attached hydrogen (secondary N) is 1. The van der Waals surface area contributed by atoms with Crippen LogP contribution in [0.1, 0.15) is 36.2 Å². The van der Waals surface area contributed by atoms with E-state index >= 15 is 0 Å². The maximum absolute atomic E-state index is 12.8. The molecule has 0 spiro atoms. The zero-order valence-electron chi connectivity index (χ0n) is 14.1. The van der Waals surface area contributed by atoms with Gasteiger partial charge >= 0.3 is 6.03 Å². The van der Waals surface area contributed by atoms with E-state index in [2.05, 4.69) is 5.32 Å². The van der Waals surface area contributed by atoms with Gasteiger partial charge in [0.2, 0.25) is 0 Å². The summed E-state index contributed by atoms with van der Waals surface area (Å²) >= 11 is 0. The summed E-state index contributed by atoms with van der Waals surface area (Å²) in [5.41, 5.74) is 1.96. The summed E-state index contributed by atoms with van der Waals surface area (Å²) in [5.74, 6) is 0.0870. The molecule has 0 aromatic heterocycles. The Bertz CT molecular complexity index is 753. The fraction of sp³-hybridized carbons (Fsp3) is 0.300. The zero-order chi connectivity index (χ0) is 17.2. The Morgan fingerprint density at radius 3 is 2.50 bits per heavy atom. The van der Waals surface area contributed by atoms with Crippen LogP contribution in [0.4, 0.5) is 10.5 Å². The van der Waals surface area contributed by atoms with E-state index in [0.29, 0.717) is 24.2 Å². The van der Waals surface area contributed by atoms with Crippen molar-refractivity contribution < 1.29 is 9.59 Å². The molecule has 4 heteroatoms. The normalized spacial score (nSPS) is 15.8. The molecule has 0 saturated heterocycles. The Morgan fingerprint density at radius 2 is 1.75 bits per heavy atom. The average Bonchev–Trinajstić information content (AvgIpc) is 2.55. The molecule has 1 aliphatic heterocycles. The van der Waals surface area contributed by atoms with Gasteiger partial charge in [0, 0.05) is 18.5 Å². The third-order valence-electron chi connectivity index (χ3n) is 4.38. The second-order valence-electron chi connectivity index (χ2n) is 6.73. The highest BCUT2D eigenvalue weighted by molar-refractivity contribution is 6.09. The molecule has 0 fully saturated rings. The van der Waals surface area contributed by atoms with Crippen molar-refractivity contribution in [3.63, 3.8) is 0 Å². The first-order valence-electron chi connectivity index (χ1n) is 8.23. The Kier molecular flexibility index (Phi) is 4.38. The van der Waals surface area contributed by atoms with Gasteiger partial charge in [0.15, 0.2) is 5.78 Å². The molecule has 0 aliphatic carbocycles. The van der Waals surface area contributed by atoms with Crippen molar-refractivity contribution in [2.24, 2.45) is 0 Å². The summed E-state index contributed by atoms with van der Waals surface area (Å²) in [6.45, 7) is 4.42. The van der Waals surface area contributed by atoms with Crippen molar-refractivity contribution in [1.29, 1.82) is 0 Å². The van der Waals surface area contributed by atoms with Crippen LogP contribution in [0.25, 0.3) is 0 Å². The molecule has 0 unspecified atom stereocenters. The van der Waals surface area contributed by atoms with Crippen molar-refractivity contribution in [2.45, 2.75) is 32.2 Å². The first kappa shape index (κ1) is 16.2. The lowest BCUT2D eigenvalue weighted by molar-refractivity contribution is 0.0950. The number of fused-ring (bicyclic) bond motifs is 1. The molecule has 0 radical (unpaired) electrons. The average molecular weight is 322 g/mol. The molecule has 0 atom stereocenters. The molecular formula is C20H22N2O2. The lowest BCUT2D eigenvalue weighted by Crippen LogP contribution is -2.56. The number of carbonyl (C=O) groups is 2. The maximum atomic E-state index is 12.8. The van der Waals surface area contributed by atoms with E-state index < -0.39 is 5.54 Å². The van der Waals surface area contributed by atoms with E-state index in [-0.39, 0.29) is 11.8 Å². The number of nitrogens with zero attached hydrogens (tertiary/aromatic N) is 1. The zero-order valence-corrected chi connectivity index (χ0v) is 14.1. The summed E-state index contributed by atoms with van der Waals surface area (Å²) in [6.07, 6.45) is 1.11. The SMILES string of the molecule is CC1(C)CC(=O)c2ccccc2N1C(=O)NCCc1ccccc1. The fourth-order valence-corrected chi connectivity index (χ4v) is 3.22. The van der Waals surface area contributed by atoms with Crippen LogP contribution in [-0.2, 0) is 6.42 Å². The van der Waals surface area contributed by atoms with Gasteiger partial charge in [0.1, 0.15) is 0 Å². The third kappa shape index (κ3) is 3.18. The molecule has 3 rings (SSSR count). The highest BCUT2D eigenvalue weighted by Crippen LogP contribution is 2.36. The molecule has 124 valence electrons. The van der Waals surface area contributed by atoms with Crippen molar-refractivity contribution in [2.75, 3.05) is 11.4 Å². The van der Waals surface area contributed by atoms with Crippen LogP contribution < -0.4 is 10.2 Å². The first-order valence-corrected chi connectivity index (χ1v) is 8.23. The fourth-order valence-electron chi connectivity index (χ4n) is 3.22. The van der Waals surface area contributed by atoms with Crippen molar-refractivity contribution >= 4 is 17.5 Å². The first-order chi connectivity index (χ1) is 11.5. The summed E-state index contributed by atoms with van der Waals surface area (Å²) in [7, 11) is 0. The van der Waals surface area contributed by atoms with Gasteiger partial charge in [-0.3, -0.25) is 9.69 Å². The molecule has 1 N–H and O–H groups in total. The molecule has 24 heavy (non-hydrogen) atoms. The summed E-state index contributed by atoms with van der Waals surface area (Å²) in [6, 6.07) is 17.2. The van der Waals surface area contributed by atoms with Gasteiger partial charge in [0.05, 0.1) is 11.2 Å². The standard InChI is InChI=1S/C20H22N2O2/c1-20(2)14-18(23)16-10-6-7-11-17(16)22(20)19(24)21-13-12-15-8-4-3-5-9-15/h3-11H,12-14H2,1-2H3,(H,21,24). The lowest BCUT2D eigenvalue weighted by atomic mass is 9.86. The summed E-state index contributed by atoms with van der Waals surface area (Å²) in [4.78, 5) is 26.8. The number of benzene rings is 2. The van der Waals surface area contributed by atoms with Gasteiger partial charge < -0.3 is 5.32 Å². The number of para-hydroxylation sites is 1. The second-order valence-corrected chi connectivity index (χ2v) is 6.73. The molecule has 1 heterocycles. The van der Waals surface area contributed by atoms with E-state index in [1.165, 1.54) is 5.56 Å². The number of ketones is 1. The smallest absolute Gasteiger partial charge is 0.322 e. The molecule has 0 saturated carbocycles. The second kappa shape index (κ2) is 6.48. The quantitative estimate of drug-likeness (QED) is 0.934. The molecule has 0 bridgehead atoms. The van der Waals surface area contributed by atoms with Crippen LogP contribution in [-0.4, -0.2) is 23.9 Å². The lowest BCUT2D eigenvalue weighted by Gasteiger charge is -2.42. The van der Waals surface area contributed by atoms with Crippen LogP contribution in [0, 0.1) is 0 Å². The molecular weight excluding hydrogens is 300 g/mol. The monoisotopic (exact) mass is 322 g/mol. The number of anilines is 1. The molecule has 1 aliphatic rings. The van der Waals surface area contributed by atoms with E-state index in [1.807, 2.05) is 62.4 Å². The van der Waals surface area contributed by atoms with Gasteiger partial charge in [-0.1, -0.05) is 42.5 Å². The number of hydrogen-bond acceptors (Lipinski definition) is 2. The number of carbonyl (C=O) groups excluding carboxylic acids is 2. The van der Waals surface area contributed by atoms with Crippen LogP contribution in [0.15, 0.2) is 54.6 Å². The van der Waals surface area contributed by atoms with Crippen molar-refractivity contribution in [1.82, 2.24) is 5.32 Å². The predicted molar refractivity (Wildman–Crippen MR) is 95.5 cm³/mol. The van der Waals surface area contributed by atoms with E-state index in [4.69, 9.17) is 0 Å². The van der Waals surface area contributed by atoms with Crippen LogP contribution >= 0.6 is 0 Å². The minimum Gasteiger partial charge on any atom is -0.337 e. The third-order valence-corrected chi connectivity index (χ3v) is 4.38. The summed E-state index contributed by atoms with van der Waals surface area (Å²) < 4.78 is 0. The topological polar surface area (TPSA) is 49.4 Å². The van der Waals surface area contributed by atoms with Crippen LogP contribution in [0.3, 0.4) is 0 Å². The number of rotatable bonds is 3. The summed E-state index contributed by atoms with van der Waals surface area (Å²) in [5, 5.41) is 2.99. The number of urea groups is 1. The number of hydrogen-bond donors (Lipinski definition) is 1. The minimum absolute atomic E-state index is 0.0870. The highest BCUT2D eigenvalue weighted by atomic mass is 16.2. The predicted octanol–water partition coefficient (Wildman–Crippen LogP) is 3.81. The highest BCUT2D eigenvalue weighted by Gasteiger charge is 2.40. The Balaban J connectivity index is 1.75. The van der Waals surface area contributed by atoms with Gasteiger partial charge in [-0.2, -0.15) is 0 Å². The van der Waals surface area contributed by atoms with Gasteiger partial charge in [-0.05, 0) is 38.0 Å². The Morgan fingerprint density at radius 1 is 1.08 bits per heavy atom. The van der Waals surface area contributed by atoms with E-state index in [9.17, 15) is 9.59 Å². The number of Topliss-reactive ketones (excluding diaryl/α,β-unsaturated/α-hetero) is 1. The minimum atomic E-state index is -0.539. The largest absolute Gasteiger partial charge is 0.337 e. The molecule has 4 nitrogen and oxygen atoms in total. The van der Waals surface area contributed by atoms with Gasteiger partial charge in [-0.15, -0.1) is 0 Å². The van der Waals surface area contributed by atoms with Crippen molar-refractivity contribution in [3.8, 4) is 0 Å². The molecule has 2 aromatic rings. The van der Waals surface area contributed by atoms with E-state index in [0.717, 1.165) is 6.42 Å². The van der Waals surface area contributed by atoms with Gasteiger partial charge in [0.25, 0.3) is 0 Å². The number of amides is 2. The Labute approximate surface area is 142 Å². The molecule has 2 aromatic carbocycles. The van der Waals surface area contributed by atoms with Crippen molar-refractivity contribution in [3.05, 3.63) is 65.7 Å². The Hall–Kier alpha value is -2.62.